The van der Waals surface area contributed by atoms with Crippen molar-refractivity contribution < 1.29 is 23.9 Å². The molecule has 1 saturated heterocycles. The van der Waals surface area contributed by atoms with Crippen molar-refractivity contribution in [1.29, 1.82) is 0 Å². The van der Waals surface area contributed by atoms with Crippen molar-refractivity contribution in [1.82, 2.24) is 34.9 Å². The summed E-state index contributed by atoms with van der Waals surface area (Å²) in [4.78, 5) is 51.4. The maximum atomic E-state index is 13.2. The number of rotatable bonds is 3. The zero-order valence-corrected chi connectivity index (χ0v) is 25.4. The van der Waals surface area contributed by atoms with Gasteiger partial charge in [-0.2, -0.15) is 5.10 Å². The van der Waals surface area contributed by atoms with Crippen LogP contribution in [0.2, 0.25) is 0 Å². The molecule has 15 heteroatoms. The number of amides is 3. The molecule has 3 aromatic heterocycles. The largest absolute Gasteiger partial charge is 0.444 e. The minimum absolute atomic E-state index is 0.111. The van der Waals surface area contributed by atoms with Crippen LogP contribution in [0, 0.1) is 0 Å². The average Bonchev–Trinajstić information content (AvgIpc) is 3.63. The lowest BCUT2D eigenvalue weighted by atomic mass is 10.2. The summed E-state index contributed by atoms with van der Waals surface area (Å²) >= 11 is 1.35. The summed E-state index contributed by atoms with van der Waals surface area (Å²) in [5.74, 6) is -0.175. The lowest BCUT2D eigenvalue weighted by molar-refractivity contribution is 0.0142. The maximum Gasteiger partial charge on any atom is 0.410 e. The predicted molar refractivity (Wildman–Crippen MR) is 161 cm³/mol. The quantitative estimate of drug-likeness (QED) is 0.402. The normalized spacial score (nSPS) is 17.1. The first-order chi connectivity index (χ1) is 20.6. The number of nitrogens with zero attached hydrogens (tertiary/aromatic N) is 6. The molecule has 0 atom stereocenters. The summed E-state index contributed by atoms with van der Waals surface area (Å²) in [6, 6.07) is 3.72. The lowest BCUT2D eigenvalue weighted by Gasteiger charge is -2.35. The van der Waals surface area contributed by atoms with E-state index < -0.39 is 17.4 Å². The first-order valence-corrected chi connectivity index (χ1v) is 15.1. The molecule has 5 rings (SSSR count). The smallest absolute Gasteiger partial charge is 0.410 e. The third-order valence-electron chi connectivity index (χ3n) is 6.72. The van der Waals surface area contributed by atoms with E-state index in [1.54, 1.807) is 27.4 Å². The molecule has 0 radical (unpaired) electrons. The van der Waals surface area contributed by atoms with Crippen LogP contribution >= 0.6 is 11.3 Å². The number of fused-ring (bicyclic) bond motifs is 6. The fraction of sp³-hybridized carbons (Fsp3) is 0.500. The van der Waals surface area contributed by atoms with E-state index in [1.165, 1.54) is 11.3 Å². The predicted octanol–water partition coefficient (Wildman–Crippen LogP) is 2.38. The van der Waals surface area contributed by atoms with Crippen molar-refractivity contribution in [2.45, 2.75) is 32.9 Å². The molecule has 3 aromatic rings. The summed E-state index contributed by atoms with van der Waals surface area (Å²) in [5, 5.41) is 15.7. The maximum absolute atomic E-state index is 13.2. The van der Waals surface area contributed by atoms with Gasteiger partial charge >= 0.3 is 6.09 Å². The number of ether oxygens (including phenoxy) is 2. The minimum atomic E-state index is -0.533. The molecule has 14 nitrogen and oxygen atoms in total. The molecule has 4 bridgehead atoms. The molecule has 0 aromatic carbocycles. The average molecular weight is 612 g/mol. The summed E-state index contributed by atoms with van der Waals surface area (Å²) < 4.78 is 12.8. The standard InChI is InChI=1S/C28H37N9O5S/c1-28(2,3)42-27(40)36-11-8-35(9-12-36)10-13-37-17-20-23(34-37)25(39)31-7-15-41-14-6-30-22-16-19(4-5-29-22)26-33-21(18-43-26)24(38)32-20/h4-5,16-18H,6-15H2,1-3H3,(H,29,30)(H,31,39)(H,32,38). The van der Waals surface area contributed by atoms with E-state index in [-0.39, 0.29) is 24.0 Å². The number of hydrogen-bond acceptors (Lipinski definition) is 11. The van der Waals surface area contributed by atoms with Crippen molar-refractivity contribution in [2.24, 2.45) is 0 Å². The van der Waals surface area contributed by atoms with Crippen LogP contribution in [0.3, 0.4) is 0 Å². The Kier molecular flexibility index (Phi) is 9.52. The van der Waals surface area contributed by atoms with Crippen LogP contribution in [0.4, 0.5) is 16.3 Å². The number of pyridine rings is 1. The van der Waals surface area contributed by atoms with Gasteiger partial charge in [0, 0.05) is 69.2 Å². The van der Waals surface area contributed by atoms with Crippen molar-refractivity contribution in [3.8, 4) is 10.6 Å². The molecule has 2 aliphatic heterocycles. The third-order valence-corrected chi connectivity index (χ3v) is 7.61. The Bertz CT molecular complexity index is 1440. The molecule has 2 aliphatic rings. The highest BCUT2D eigenvalue weighted by Gasteiger charge is 2.26. The molecule has 0 unspecified atom stereocenters. The zero-order valence-electron chi connectivity index (χ0n) is 24.6. The number of carbonyl (C=O) groups excluding carboxylic acids is 3. The Morgan fingerprint density at radius 1 is 1.07 bits per heavy atom. The van der Waals surface area contributed by atoms with Gasteiger partial charge in [-0.25, -0.2) is 14.8 Å². The Hall–Kier alpha value is -4.08. The number of piperazine rings is 1. The Morgan fingerprint density at radius 2 is 1.84 bits per heavy atom. The molecule has 0 saturated carbocycles. The van der Waals surface area contributed by atoms with Crippen LogP contribution in [0.15, 0.2) is 29.9 Å². The van der Waals surface area contributed by atoms with E-state index in [0.29, 0.717) is 75.5 Å². The Morgan fingerprint density at radius 3 is 2.60 bits per heavy atom. The molecule has 3 amide bonds. The number of nitrogens with one attached hydrogen (secondary N) is 3. The minimum Gasteiger partial charge on any atom is -0.444 e. The van der Waals surface area contributed by atoms with E-state index in [9.17, 15) is 14.4 Å². The number of hydrogen-bond donors (Lipinski definition) is 3. The first-order valence-electron chi connectivity index (χ1n) is 14.3. The second-order valence-corrected chi connectivity index (χ2v) is 12.0. The van der Waals surface area contributed by atoms with Gasteiger partial charge in [0.15, 0.2) is 5.69 Å². The highest BCUT2D eigenvalue weighted by molar-refractivity contribution is 7.13. The Balaban J connectivity index is 1.26. The van der Waals surface area contributed by atoms with E-state index in [4.69, 9.17) is 9.47 Å². The summed E-state index contributed by atoms with van der Waals surface area (Å²) in [6.45, 7) is 10.8. The topological polar surface area (TPSA) is 156 Å². The van der Waals surface area contributed by atoms with Gasteiger partial charge in [-0.15, -0.1) is 11.3 Å². The van der Waals surface area contributed by atoms with Gasteiger partial charge in [-0.1, -0.05) is 0 Å². The molecule has 230 valence electrons. The van der Waals surface area contributed by atoms with Gasteiger partial charge in [0.25, 0.3) is 11.8 Å². The van der Waals surface area contributed by atoms with Gasteiger partial charge in [0.2, 0.25) is 0 Å². The number of anilines is 2. The molecule has 1 fully saturated rings. The summed E-state index contributed by atoms with van der Waals surface area (Å²) in [6.07, 6.45) is 3.05. The van der Waals surface area contributed by atoms with Gasteiger partial charge in [-0.05, 0) is 32.9 Å². The van der Waals surface area contributed by atoms with E-state index >= 15 is 0 Å². The van der Waals surface area contributed by atoms with Crippen LogP contribution < -0.4 is 16.0 Å². The SMILES string of the molecule is CC(C)(C)OC(=O)N1CCN(CCn2cc3c(n2)C(=O)NCCOCCNc2cc(ccn2)-c2nc(cs2)C(=O)N3)CC1. The molecule has 43 heavy (non-hydrogen) atoms. The molecule has 3 N–H and O–H groups in total. The summed E-state index contributed by atoms with van der Waals surface area (Å²) in [5.41, 5.74) is 0.949. The van der Waals surface area contributed by atoms with Gasteiger partial charge < -0.3 is 30.3 Å². The van der Waals surface area contributed by atoms with Crippen LogP contribution in [-0.4, -0.2) is 112 Å². The van der Waals surface area contributed by atoms with Crippen molar-refractivity contribution in [2.75, 3.05) is 69.7 Å². The van der Waals surface area contributed by atoms with E-state index in [0.717, 1.165) is 5.56 Å². The molecule has 0 aliphatic carbocycles. The molecule has 5 heterocycles. The highest BCUT2D eigenvalue weighted by atomic mass is 32.1. The van der Waals surface area contributed by atoms with Crippen LogP contribution in [0.1, 0.15) is 41.7 Å². The first kappa shape index (κ1) is 30.4. The van der Waals surface area contributed by atoms with E-state index in [1.807, 2.05) is 32.9 Å². The summed E-state index contributed by atoms with van der Waals surface area (Å²) in [7, 11) is 0. The van der Waals surface area contributed by atoms with Gasteiger partial charge in [0.05, 0.1) is 25.4 Å². The molecule has 0 spiro atoms. The van der Waals surface area contributed by atoms with Crippen molar-refractivity contribution >= 4 is 40.7 Å². The molecular formula is C28H37N9O5S. The second-order valence-electron chi connectivity index (χ2n) is 11.2. The molecular weight excluding hydrogens is 574 g/mol. The fourth-order valence-electron chi connectivity index (χ4n) is 4.55. The number of carbonyl (C=O) groups is 3. The number of thiazole rings is 1. The van der Waals surface area contributed by atoms with Crippen molar-refractivity contribution in [3.63, 3.8) is 0 Å². The Labute approximate surface area is 253 Å². The monoisotopic (exact) mass is 611 g/mol. The van der Waals surface area contributed by atoms with Gasteiger partial charge in [0.1, 0.15) is 22.1 Å². The highest BCUT2D eigenvalue weighted by Crippen LogP contribution is 2.26. The van der Waals surface area contributed by atoms with E-state index in [2.05, 4.69) is 35.9 Å². The van der Waals surface area contributed by atoms with Crippen LogP contribution in [0.5, 0.6) is 0 Å². The fourth-order valence-corrected chi connectivity index (χ4v) is 5.35. The van der Waals surface area contributed by atoms with Crippen molar-refractivity contribution in [3.05, 3.63) is 41.3 Å². The van der Waals surface area contributed by atoms with Crippen LogP contribution in [-0.2, 0) is 16.0 Å². The zero-order chi connectivity index (χ0) is 30.4. The lowest BCUT2D eigenvalue weighted by Crippen LogP contribution is -2.50. The van der Waals surface area contributed by atoms with Crippen LogP contribution in [0.25, 0.3) is 10.6 Å². The second kappa shape index (κ2) is 13.5. The third kappa shape index (κ3) is 8.27. The van der Waals surface area contributed by atoms with Gasteiger partial charge in [-0.3, -0.25) is 19.2 Å². The number of aromatic nitrogens is 4.